The van der Waals surface area contributed by atoms with Crippen LogP contribution in [0.1, 0.15) is 45.4 Å². The smallest absolute Gasteiger partial charge is 0.317 e. The van der Waals surface area contributed by atoms with Crippen molar-refractivity contribution in [1.82, 2.24) is 10.2 Å². The van der Waals surface area contributed by atoms with Gasteiger partial charge in [0.2, 0.25) is 0 Å². The predicted molar refractivity (Wildman–Crippen MR) is 91.4 cm³/mol. The highest BCUT2D eigenvalue weighted by Gasteiger charge is 2.38. The highest BCUT2D eigenvalue weighted by Crippen LogP contribution is 2.34. The van der Waals surface area contributed by atoms with E-state index < -0.39 is 5.97 Å². The summed E-state index contributed by atoms with van der Waals surface area (Å²) in [6.45, 7) is 3.57. The lowest BCUT2D eigenvalue weighted by molar-refractivity contribution is -0.139. The van der Waals surface area contributed by atoms with E-state index in [1.807, 2.05) is 0 Å². The molecule has 126 valence electrons. The Balaban J connectivity index is 1.40. The van der Waals surface area contributed by atoms with E-state index in [0.29, 0.717) is 18.1 Å². The van der Waals surface area contributed by atoms with Gasteiger partial charge in [0.25, 0.3) is 0 Å². The minimum absolute atomic E-state index is 0.225. The third-order valence-electron chi connectivity index (χ3n) is 5.63. The van der Waals surface area contributed by atoms with Crippen LogP contribution in [0.2, 0.25) is 0 Å². The Morgan fingerprint density at radius 1 is 1.27 bits per heavy atom. The lowest BCUT2D eigenvalue weighted by Crippen LogP contribution is -2.56. The summed E-state index contributed by atoms with van der Waals surface area (Å²) in [5, 5.41) is 12.9. The summed E-state index contributed by atoms with van der Waals surface area (Å²) < 4.78 is 0. The predicted octanol–water partition coefficient (Wildman–Crippen LogP) is 2.44. The first kappa shape index (κ1) is 16.6. The van der Waals surface area contributed by atoms with Crippen LogP contribution >= 0.6 is 11.8 Å². The van der Waals surface area contributed by atoms with Gasteiger partial charge in [-0.15, -0.1) is 0 Å². The average Bonchev–Trinajstić information content (AvgIpc) is 3.26. The number of thioether (sulfide) groups is 1. The fraction of sp³-hybridized carbons (Fsp3) is 0.941. The number of aliphatic carboxylic acids is 1. The molecule has 0 bridgehead atoms. The molecule has 3 rings (SSSR count). The lowest BCUT2D eigenvalue weighted by atomic mass is 9.83. The molecule has 3 fully saturated rings. The molecule has 5 heteroatoms. The molecule has 4 nitrogen and oxygen atoms in total. The Hall–Kier alpha value is -0.260. The average molecular weight is 327 g/mol. The molecule has 0 radical (unpaired) electrons. The number of carboxylic acid groups (broad SMARTS) is 1. The maximum Gasteiger partial charge on any atom is 0.317 e. The van der Waals surface area contributed by atoms with Crippen LogP contribution in [0.15, 0.2) is 0 Å². The van der Waals surface area contributed by atoms with Gasteiger partial charge in [-0.05, 0) is 68.8 Å². The minimum Gasteiger partial charge on any atom is -0.480 e. The van der Waals surface area contributed by atoms with Crippen LogP contribution in [0, 0.1) is 11.8 Å². The van der Waals surface area contributed by atoms with Crippen LogP contribution in [0.5, 0.6) is 0 Å². The summed E-state index contributed by atoms with van der Waals surface area (Å²) in [4.78, 5) is 13.3. The van der Waals surface area contributed by atoms with Gasteiger partial charge >= 0.3 is 5.97 Å². The van der Waals surface area contributed by atoms with Crippen LogP contribution in [0.4, 0.5) is 0 Å². The first-order valence-corrected chi connectivity index (χ1v) is 10.1. The molecule has 2 N–H and O–H groups in total. The van der Waals surface area contributed by atoms with E-state index in [1.54, 1.807) is 0 Å². The molecule has 1 heterocycles. The van der Waals surface area contributed by atoms with Crippen molar-refractivity contribution < 1.29 is 9.90 Å². The van der Waals surface area contributed by atoms with E-state index in [9.17, 15) is 4.79 Å². The number of hydrogen-bond donors (Lipinski definition) is 2. The second-order valence-corrected chi connectivity index (χ2v) is 8.72. The lowest BCUT2D eigenvalue weighted by Gasteiger charge is -2.45. The first-order valence-electron chi connectivity index (χ1n) is 8.91. The second-order valence-electron chi connectivity index (χ2n) is 7.49. The summed E-state index contributed by atoms with van der Waals surface area (Å²) in [5.41, 5.74) is 0. The van der Waals surface area contributed by atoms with Gasteiger partial charge in [-0.1, -0.05) is 0 Å². The van der Waals surface area contributed by atoms with Crippen LogP contribution < -0.4 is 5.32 Å². The first-order chi connectivity index (χ1) is 10.6. The van der Waals surface area contributed by atoms with E-state index in [-0.39, 0.29) is 6.54 Å². The summed E-state index contributed by atoms with van der Waals surface area (Å²) in [7, 11) is 0. The Labute approximate surface area is 138 Å². The number of carbonyl (C=O) groups is 1. The van der Waals surface area contributed by atoms with Gasteiger partial charge in [0.05, 0.1) is 6.54 Å². The number of nitrogens with zero attached hydrogens (tertiary/aromatic N) is 1. The van der Waals surface area contributed by atoms with Crippen molar-refractivity contribution in [3.63, 3.8) is 0 Å². The van der Waals surface area contributed by atoms with Crippen molar-refractivity contribution in [3.05, 3.63) is 0 Å². The standard InChI is InChI=1S/C17H30N2O2S/c1-12(14-4-6-22-7-5-14)18-15-8-16(9-15)19(11-17(20)21)10-13-2-3-13/h12-16,18H,2-11H2,1H3,(H,20,21). The molecule has 2 aliphatic carbocycles. The van der Waals surface area contributed by atoms with Gasteiger partial charge in [0.1, 0.15) is 0 Å². The molecular weight excluding hydrogens is 296 g/mol. The summed E-state index contributed by atoms with van der Waals surface area (Å²) in [6.07, 6.45) is 7.55. The molecule has 0 spiro atoms. The number of nitrogens with one attached hydrogen (secondary N) is 1. The zero-order valence-corrected chi connectivity index (χ0v) is 14.5. The zero-order chi connectivity index (χ0) is 15.5. The van der Waals surface area contributed by atoms with Crippen LogP contribution in [0.25, 0.3) is 0 Å². The van der Waals surface area contributed by atoms with E-state index >= 15 is 0 Å². The van der Waals surface area contributed by atoms with Gasteiger partial charge < -0.3 is 10.4 Å². The van der Waals surface area contributed by atoms with E-state index in [4.69, 9.17) is 5.11 Å². The molecule has 1 unspecified atom stereocenters. The van der Waals surface area contributed by atoms with Crippen LogP contribution in [-0.2, 0) is 4.79 Å². The molecule has 22 heavy (non-hydrogen) atoms. The highest BCUT2D eigenvalue weighted by molar-refractivity contribution is 7.99. The molecule has 2 saturated carbocycles. The van der Waals surface area contributed by atoms with E-state index in [1.165, 1.54) is 37.2 Å². The van der Waals surface area contributed by atoms with Crippen molar-refractivity contribution in [2.45, 2.75) is 63.6 Å². The second kappa shape index (κ2) is 7.54. The third kappa shape index (κ3) is 4.62. The van der Waals surface area contributed by atoms with E-state index in [0.717, 1.165) is 31.2 Å². The molecular formula is C17H30N2O2S. The van der Waals surface area contributed by atoms with Crippen molar-refractivity contribution in [2.75, 3.05) is 24.6 Å². The molecule has 1 aliphatic heterocycles. The van der Waals surface area contributed by atoms with Crippen LogP contribution in [-0.4, -0.2) is 58.7 Å². The number of rotatable bonds is 8. The van der Waals surface area contributed by atoms with Crippen molar-refractivity contribution >= 4 is 17.7 Å². The summed E-state index contributed by atoms with van der Waals surface area (Å²) in [6, 6.07) is 1.71. The quantitative estimate of drug-likeness (QED) is 0.717. The van der Waals surface area contributed by atoms with E-state index in [2.05, 4.69) is 28.9 Å². The van der Waals surface area contributed by atoms with Crippen molar-refractivity contribution in [1.29, 1.82) is 0 Å². The monoisotopic (exact) mass is 326 g/mol. The molecule has 1 atom stereocenters. The molecule has 0 amide bonds. The fourth-order valence-corrected chi connectivity index (χ4v) is 5.04. The highest BCUT2D eigenvalue weighted by atomic mass is 32.2. The normalized spacial score (nSPS) is 31.0. The third-order valence-corrected chi connectivity index (χ3v) is 6.68. The SMILES string of the molecule is CC(NC1CC(N(CC(=O)O)CC2CC2)C1)C1CCSCC1. The van der Waals surface area contributed by atoms with Gasteiger partial charge in [-0.25, -0.2) is 0 Å². The minimum atomic E-state index is -0.676. The Bertz CT molecular complexity index is 377. The van der Waals surface area contributed by atoms with Gasteiger partial charge in [0.15, 0.2) is 0 Å². The fourth-order valence-electron chi connectivity index (χ4n) is 3.89. The molecule has 0 aromatic carbocycles. The van der Waals surface area contributed by atoms with Gasteiger partial charge in [-0.3, -0.25) is 9.69 Å². The zero-order valence-electron chi connectivity index (χ0n) is 13.7. The molecule has 0 aromatic heterocycles. The summed E-state index contributed by atoms with van der Waals surface area (Å²) >= 11 is 2.09. The van der Waals surface area contributed by atoms with Gasteiger partial charge in [0, 0.05) is 24.7 Å². The van der Waals surface area contributed by atoms with Crippen molar-refractivity contribution in [3.8, 4) is 0 Å². The maximum atomic E-state index is 11.1. The summed E-state index contributed by atoms with van der Waals surface area (Å²) in [5.74, 6) is 3.56. The topological polar surface area (TPSA) is 52.6 Å². The Morgan fingerprint density at radius 3 is 2.55 bits per heavy atom. The largest absolute Gasteiger partial charge is 0.480 e. The van der Waals surface area contributed by atoms with Crippen molar-refractivity contribution in [2.24, 2.45) is 11.8 Å². The molecule has 1 saturated heterocycles. The molecule has 0 aromatic rings. The number of carboxylic acids is 1. The molecule has 3 aliphatic rings. The van der Waals surface area contributed by atoms with Gasteiger partial charge in [-0.2, -0.15) is 11.8 Å². The number of hydrogen-bond acceptors (Lipinski definition) is 4. The Morgan fingerprint density at radius 2 is 1.95 bits per heavy atom. The van der Waals surface area contributed by atoms with Crippen LogP contribution in [0.3, 0.4) is 0 Å². The maximum absolute atomic E-state index is 11.1. The Kier molecular flexibility index (Phi) is 5.69.